The molecular formula is C8H10BrNO. The van der Waals surface area contributed by atoms with E-state index in [4.69, 9.17) is 5.11 Å². The molecule has 11 heavy (non-hydrogen) atoms. The molecule has 1 aromatic carbocycles. The summed E-state index contributed by atoms with van der Waals surface area (Å²) >= 11 is 3.35. The van der Waals surface area contributed by atoms with Crippen LogP contribution in [0.4, 0.5) is 5.69 Å². The van der Waals surface area contributed by atoms with Gasteiger partial charge in [-0.1, -0.05) is 12.1 Å². The molecule has 2 nitrogen and oxygen atoms in total. The van der Waals surface area contributed by atoms with Crippen molar-refractivity contribution in [3.05, 3.63) is 28.7 Å². The number of benzene rings is 1. The predicted octanol–water partition coefficient (Wildman–Crippen LogP) is 2.20. The minimum absolute atomic E-state index is 0.520. The number of para-hydroxylation sites is 1. The minimum atomic E-state index is -0.520. The topological polar surface area (TPSA) is 32.3 Å². The van der Waals surface area contributed by atoms with Crippen LogP contribution in [0.2, 0.25) is 0 Å². The smallest absolute Gasteiger partial charge is 0.121 e. The second-order valence-electron chi connectivity index (χ2n) is 2.30. The number of rotatable bonds is 2. The van der Waals surface area contributed by atoms with Gasteiger partial charge >= 0.3 is 0 Å². The highest BCUT2D eigenvalue weighted by molar-refractivity contribution is 9.10. The van der Waals surface area contributed by atoms with Gasteiger partial charge in [-0.3, -0.25) is 0 Å². The Morgan fingerprint density at radius 1 is 1.45 bits per heavy atom. The zero-order chi connectivity index (χ0) is 8.27. The van der Waals surface area contributed by atoms with Crippen LogP contribution in [0.3, 0.4) is 0 Å². The first kappa shape index (κ1) is 8.56. The minimum Gasteiger partial charge on any atom is -0.374 e. The second-order valence-corrected chi connectivity index (χ2v) is 3.15. The molecule has 0 aliphatic carbocycles. The third-order valence-corrected chi connectivity index (χ3v) is 1.93. The standard InChI is InChI=1S/C8H10BrNO/c1-6(11)10-8-5-3-2-4-7(8)9/h2-6,10-11H,1H3. The summed E-state index contributed by atoms with van der Waals surface area (Å²) in [5.41, 5.74) is 0.905. The number of aliphatic hydroxyl groups excluding tert-OH is 1. The Hall–Kier alpha value is -0.540. The SMILES string of the molecule is CC(O)Nc1ccccc1Br. The van der Waals surface area contributed by atoms with Gasteiger partial charge in [-0.2, -0.15) is 0 Å². The zero-order valence-electron chi connectivity index (χ0n) is 6.21. The normalized spacial score (nSPS) is 12.6. The summed E-state index contributed by atoms with van der Waals surface area (Å²) in [4.78, 5) is 0. The summed E-state index contributed by atoms with van der Waals surface area (Å²) in [5, 5.41) is 11.9. The highest BCUT2D eigenvalue weighted by Crippen LogP contribution is 2.21. The molecule has 3 heteroatoms. The van der Waals surface area contributed by atoms with E-state index in [-0.39, 0.29) is 0 Å². The molecule has 1 unspecified atom stereocenters. The molecule has 0 aliphatic heterocycles. The molecule has 0 saturated carbocycles. The van der Waals surface area contributed by atoms with Crippen LogP contribution in [0.1, 0.15) is 6.92 Å². The van der Waals surface area contributed by atoms with Gasteiger partial charge in [-0.25, -0.2) is 0 Å². The van der Waals surface area contributed by atoms with E-state index in [0.717, 1.165) is 10.2 Å². The summed E-state index contributed by atoms with van der Waals surface area (Å²) in [6.07, 6.45) is -0.520. The summed E-state index contributed by atoms with van der Waals surface area (Å²) in [7, 11) is 0. The van der Waals surface area contributed by atoms with Crippen LogP contribution < -0.4 is 5.32 Å². The maximum atomic E-state index is 9.00. The highest BCUT2D eigenvalue weighted by atomic mass is 79.9. The van der Waals surface area contributed by atoms with Crippen LogP contribution in [0.5, 0.6) is 0 Å². The Morgan fingerprint density at radius 3 is 2.64 bits per heavy atom. The number of hydrogen-bond acceptors (Lipinski definition) is 2. The third-order valence-electron chi connectivity index (χ3n) is 1.24. The number of aliphatic hydroxyl groups is 1. The van der Waals surface area contributed by atoms with Crippen molar-refractivity contribution in [2.45, 2.75) is 13.2 Å². The third kappa shape index (κ3) is 2.52. The fourth-order valence-corrected chi connectivity index (χ4v) is 1.20. The first-order chi connectivity index (χ1) is 5.20. The van der Waals surface area contributed by atoms with Crippen LogP contribution >= 0.6 is 15.9 Å². The van der Waals surface area contributed by atoms with Crippen LogP contribution in [-0.2, 0) is 0 Å². The lowest BCUT2D eigenvalue weighted by molar-refractivity contribution is 0.224. The Morgan fingerprint density at radius 2 is 2.09 bits per heavy atom. The Labute approximate surface area is 74.4 Å². The average molecular weight is 216 g/mol. The molecule has 0 aromatic heterocycles. The summed E-state index contributed by atoms with van der Waals surface area (Å²) in [6, 6.07) is 7.66. The van der Waals surface area contributed by atoms with Crippen LogP contribution in [0.25, 0.3) is 0 Å². The molecule has 2 N–H and O–H groups in total. The lowest BCUT2D eigenvalue weighted by Gasteiger charge is -2.09. The molecule has 0 amide bonds. The van der Waals surface area contributed by atoms with E-state index in [0.29, 0.717) is 0 Å². The van der Waals surface area contributed by atoms with E-state index in [1.807, 2.05) is 24.3 Å². The molecule has 1 aromatic rings. The molecule has 0 radical (unpaired) electrons. The van der Waals surface area contributed by atoms with Gasteiger partial charge in [-0.15, -0.1) is 0 Å². The van der Waals surface area contributed by atoms with E-state index in [9.17, 15) is 0 Å². The fourth-order valence-electron chi connectivity index (χ4n) is 0.803. The molecule has 0 aliphatic rings. The van der Waals surface area contributed by atoms with Crippen molar-refractivity contribution < 1.29 is 5.11 Å². The first-order valence-corrected chi connectivity index (χ1v) is 4.18. The lowest BCUT2D eigenvalue weighted by Crippen LogP contribution is -2.13. The van der Waals surface area contributed by atoms with Gasteiger partial charge in [0.05, 0.1) is 5.69 Å². The zero-order valence-corrected chi connectivity index (χ0v) is 7.80. The fraction of sp³-hybridized carbons (Fsp3) is 0.250. The van der Waals surface area contributed by atoms with Crippen molar-refractivity contribution in [3.8, 4) is 0 Å². The summed E-state index contributed by atoms with van der Waals surface area (Å²) < 4.78 is 0.959. The number of hydrogen-bond donors (Lipinski definition) is 2. The highest BCUT2D eigenvalue weighted by Gasteiger charge is 1.98. The van der Waals surface area contributed by atoms with E-state index >= 15 is 0 Å². The molecule has 0 saturated heterocycles. The van der Waals surface area contributed by atoms with Gasteiger partial charge < -0.3 is 10.4 Å². The first-order valence-electron chi connectivity index (χ1n) is 3.39. The van der Waals surface area contributed by atoms with Gasteiger partial charge in [-0.05, 0) is 35.0 Å². The molecule has 0 heterocycles. The number of halogens is 1. The largest absolute Gasteiger partial charge is 0.374 e. The van der Waals surface area contributed by atoms with Crippen LogP contribution in [0, 0.1) is 0 Å². The van der Waals surface area contributed by atoms with Gasteiger partial charge in [0.25, 0.3) is 0 Å². The van der Waals surface area contributed by atoms with Crippen molar-refractivity contribution in [3.63, 3.8) is 0 Å². The van der Waals surface area contributed by atoms with Gasteiger partial charge in [0.2, 0.25) is 0 Å². The molecule has 0 fully saturated rings. The second kappa shape index (κ2) is 3.74. The van der Waals surface area contributed by atoms with Crippen LogP contribution in [0.15, 0.2) is 28.7 Å². The molecule has 0 spiro atoms. The molecule has 60 valence electrons. The van der Waals surface area contributed by atoms with Gasteiger partial charge in [0.15, 0.2) is 0 Å². The average Bonchev–Trinajstić information content (AvgIpc) is 1.93. The van der Waals surface area contributed by atoms with Crippen molar-refractivity contribution >= 4 is 21.6 Å². The van der Waals surface area contributed by atoms with E-state index in [2.05, 4.69) is 21.2 Å². The number of nitrogens with one attached hydrogen (secondary N) is 1. The summed E-state index contributed by atoms with van der Waals surface area (Å²) in [6.45, 7) is 1.68. The Kier molecular flexibility index (Phi) is 2.91. The maximum absolute atomic E-state index is 9.00. The van der Waals surface area contributed by atoms with Crippen molar-refractivity contribution in [2.75, 3.05) is 5.32 Å². The molecular weight excluding hydrogens is 206 g/mol. The Bertz CT molecular complexity index is 237. The maximum Gasteiger partial charge on any atom is 0.121 e. The van der Waals surface area contributed by atoms with Crippen molar-refractivity contribution in [1.29, 1.82) is 0 Å². The van der Waals surface area contributed by atoms with Crippen molar-refractivity contribution in [1.82, 2.24) is 0 Å². The van der Waals surface area contributed by atoms with Crippen LogP contribution in [-0.4, -0.2) is 11.3 Å². The molecule has 1 atom stereocenters. The number of anilines is 1. The lowest BCUT2D eigenvalue weighted by atomic mass is 10.3. The van der Waals surface area contributed by atoms with Gasteiger partial charge in [0.1, 0.15) is 6.23 Å². The predicted molar refractivity (Wildman–Crippen MR) is 49.4 cm³/mol. The molecule has 1 rings (SSSR count). The van der Waals surface area contributed by atoms with E-state index < -0.39 is 6.23 Å². The quantitative estimate of drug-likeness (QED) is 0.742. The Balaban J connectivity index is 2.78. The molecule has 0 bridgehead atoms. The monoisotopic (exact) mass is 215 g/mol. The van der Waals surface area contributed by atoms with E-state index in [1.54, 1.807) is 6.92 Å². The van der Waals surface area contributed by atoms with Gasteiger partial charge in [0, 0.05) is 4.47 Å². The summed E-state index contributed by atoms with van der Waals surface area (Å²) in [5.74, 6) is 0. The van der Waals surface area contributed by atoms with E-state index in [1.165, 1.54) is 0 Å². The van der Waals surface area contributed by atoms with Crippen molar-refractivity contribution in [2.24, 2.45) is 0 Å².